The first-order valence-corrected chi connectivity index (χ1v) is 8.28. The number of rotatable bonds is 7. The third-order valence-corrected chi connectivity index (χ3v) is 3.73. The highest BCUT2D eigenvalue weighted by atomic mass is 16.5. The topological polar surface area (TPSA) is 107 Å². The highest BCUT2D eigenvalue weighted by Gasteiger charge is 2.20. The molecule has 140 valence electrons. The third kappa shape index (κ3) is 4.75. The molecule has 1 heterocycles. The Morgan fingerprint density at radius 2 is 2.00 bits per heavy atom. The van der Waals surface area contributed by atoms with E-state index in [-0.39, 0.29) is 5.76 Å². The van der Waals surface area contributed by atoms with E-state index >= 15 is 0 Å². The molecule has 1 aromatic carbocycles. The van der Waals surface area contributed by atoms with Crippen molar-refractivity contribution in [3.8, 4) is 5.75 Å². The fraction of sp³-hybridized carbons (Fsp3) is 0.389. The second-order valence-electron chi connectivity index (χ2n) is 5.65. The molecular formula is C18H22N2O6. The summed E-state index contributed by atoms with van der Waals surface area (Å²) in [5, 5.41) is 5.34. The van der Waals surface area contributed by atoms with Gasteiger partial charge in [0.05, 0.1) is 7.11 Å². The number of furan rings is 1. The fourth-order valence-electron chi connectivity index (χ4n) is 2.30. The van der Waals surface area contributed by atoms with E-state index in [9.17, 15) is 14.4 Å². The number of aryl methyl sites for hydroxylation is 1. The Kier molecular flexibility index (Phi) is 6.60. The molecule has 0 aliphatic heterocycles. The summed E-state index contributed by atoms with van der Waals surface area (Å²) in [6.07, 6.45) is 1.74. The van der Waals surface area contributed by atoms with Crippen LogP contribution in [0.3, 0.4) is 0 Å². The lowest BCUT2D eigenvalue weighted by molar-refractivity contribution is -0.123. The molecule has 0 aliphatic rings. The number of benzene rings is 1. The molecule has 3 amide bonds. The third-order valence-electron chi connectivity index (χ3n) is 3.73. The summed E-state index contributed by atoms with van der Waals surface area (Å²) in [5.74, 6) is -0.856. The SMILES string of the molecule is CCCCNC(=O)NC(=O)COC(=O)c1oc2ccc(OC)cc2c1C. The Hall–Kier alpha value is -3.03. The van der Waals surface area contributed by atoms with Crippen LogP contribution in [-0.4, -0.2) is 38.2 Å². The standard InChI is InChI=1S/C18H22N2O6/c1-4-5-8-19-18(23)20-15(21)10-25-17(22)16-11(2)13-9-12(24-3)6-7-14(13)26-16/h6-7,9H,4-5,8,10H2,1-3H3,(H2,19,20,21,23). The van der Waals surface area contributed by atoms with Crippen molar-refractivity contribution in [2.75, 3.05) is 20.3 Å². The molecule has 8 heteroatoms. The van der Waals surface area contributed by atoms with Crippen molar-refractivity contribution in [3.05, 3.63) is 29.5 Å². The highest BCUT2D eigenvalue weighted by molar-refractivity contribution is 5.99. The normalized spacial score (nSPS) is 10.4. The van der Waals surface area contributed by atoms with Crippen LogP contribution >= 0.6 is 0 Å². The minimum Gasteiger partial charge on any atom is -0.497 e. The Morgan fingerprint density at radius 3 is 2.69 bits per heavy atom. The van der Waals surface area contributed by atoms with E-state index in [0.717, 1.165) is 18.2 Å². The summed E-state index contributed by atoms with van der Waals surface area (Å²) in [4.78, 5) is 35.3. The number of nitrogens with one attached hydrogen (secondary N) is 2. The number of amides is 3. The van der Waals surface area contributed by atoms with Gasteiger partial charge >= 0.3 is 12.0 Å². The van der Waals surface area contributed by atoms with E-state index in [1.54, 1.807) is 32.2 Å². The van der Waals surface area contributed by atoms with Gasteiger partial charge in [-0.2, -0.15) is 0 Å². The molecule has 1 aromatic heterocycles. The van der Waals surface area contributed by atoms with Crippen LogP contribution in [0.4, 0.5) is 4.79 Å². The number of unbranched alkanes of at least 4 members (excludes halogenated alkanes) is 1. The quantitative estimate of drug-likeness (QED) is 0.579. The number of imide groups is 1. The van der Waals surface area contributed by atoms with Crippen LogP contribution < -0.4 is 15.4 Å². The van der Waals surface area contributed by atoms with Gasteiger partial charge in [-0.05, 0) is 31.5 Å². The lowest BCUT2D eigenvalue weighted by atomic mass is 10.1. The molecule has 0 fully saturated rings. The maximum Gasteiger partial charge on any atom is 0.375 e. The maximum absolute atomic E-state index is 12.2. The van der Waals surface area contributed by atoms with Crippen molar-refractivity contribution in [3.63, 3.8) is 0 Å². The lowest BCUT2D eigenvalue weighted by Gasteiger charge is -2.06. The minimum absolute atomic E-state index is 0.00782. The van der Waals surface area contributed by atoms with E-state index < -0.39 is 24.5 Å². The molecule has 0 saturated carbocycles. The number of hydrogen-bond acceptors (Lipinski definition) is 6. The van der Waals surface area contributed by atoms with Crippen LogP contribution in [0.2, 0.25) is 0 Å². The van der Waals surface area contributed by atoms with E-state index in [1.807, 2.05) is 6.92 Å². The zero-order valence-corrected chi connectivity index (χ0v) is 15.0. The number of carbonyl (C=O) groups excluding carboxylic acids is 3. The van der Waals surface area contributed by atoms with E-state index in [2.05, 4.69) is 10.6 Å². The predicted octanol–water partition coefficient (Wildman–Crippen LogP) is 2.53. The van der Waals surface area contributed by atoms with Gasteiger partial charge in [0.2, 0.25) is 5.76 Å². The molecule has 0 atom stereocenters. The van der Waals surface area contributed by atoms with Gasteiger partial charge < -0.3 is 19.2 Å². The molecule has 26 heavy (non-hydrogen) atoms. The molecule has 0 saturated heterocycles. The monoisotopic (exact) mass is 362 g/mol. The van der Waals surface area contributed by atoms with Crippen molar-refractivity contribution in [1.29, 1.82) is 0 Å². The van der Waals surface area contributed by atoms with E-state index in [4.69, 9.17) is 13.9 Å². The Balaban J connectivity index is 1.93. The molecule has 0 bridgehead atoms. The number of methoxy groups -OCH3 is 1. The zero-order chi connectivity index (χ0) is 19.1. The number of fused-ring (bicyclic) bond motifs is 1. The van der Waals surface area contributed by atoms with Crippen molar-refractivity contribution in [2.45, 2.75) is 26.7 Å². The number of urea groups is 1. The summed E-state index contributed by atoms with van der Waals surface area (Å²) >= 11 is 0. The lowest BCUT2D eigenvalue weighted by Crippen LogP contribution is -2.41. The summed E-state index contributed by atoms with van der Waals surface area (Å²) in [6, 6.07) is 4.53. The summed E-state index contributed by atoms with van der Waals surface area (Å²) < 4.78 is 15.6. The molecule has 8 nitrogen and oxygen atoms in total. The van der Waals surface area contributed by atoms with Crippen LogP contribution in [0.15, 0.2) is 22.6 Å². The first-order valence-electron chi connectivity index (χ1n) is 8.28. The second-order valence-corrected chi connectivity index (χ2v) is 5.65. The minimum atomic E-state index is -0.779. The average molecular weight is 362 g/mol. The molecule has 0 spiro atoms. The summed E-state index contributed by atoms with van der Waals surface area (Å²) in [7, 11) is 1.54. The van der Waals surface area contributed by atoms with E-state index in [0.29, 0.717) is 23.4 Å². The van der Waals surface area contributed by atoms with Crippen molar-refractivity contribution in [2.24, 2.45) is 0 Å². The molecule has 0 radical (unpaired) electrons. The maximum atomic E-state index is 12.2. The summed E-state index contributed by atoms with van der Waals surface area (Å²) in [6.45, 7) is 3.58. The zero-order valence-electron chi connectivity index (χ0n) is 15.0. The van der Waals surface area contributed by atoms with Gasteiger partial charge in [0.1, 0.15) is 11.3 Å². The van der Waals surface area contributed by atoms with Gasteiger partial charge in [-0.3, -0.25) is 10.1 Å². The molecular weight excluding hydrogens is 340 g/mol. The van der Waals surface area contributed by atoms with Crippen LogP contribution in [0, 0.1) is 6.92 Å². The number of carbonyl (C=O) groups is 3. The number of hydrogen-bond donors (Lipinski definition) is 2. The van der Waals surface area contributed by atoms with Gasteiger partial charge in [0.15, 0.2) is 6.61 Å². The van der Waals surface area contributed by atoms with Gasteiger partial charge in [-0.25, -0.2) is 9.59 Å². The van der Waals surface area contributed by atoms with Crippen LogP contribution in [-0.2, 0) is 9.53 Å². The highest BCUT2D eigenvalue weighted by Crippen LogP contribution is 2.29. The van der Waals surface area contributed by atoms with Crippen molar-refractivity contribution < 1.29 is 28.3 Å². The first kappa shape index (κ1) is 19.3. The largest absolute Gasteiger partial charge is 0.497 e. The molecule has 2 aromatic rings. The van der Waals surface area contributed by atoms with Crippen LogP contribution in [0.25, 0.3) is 11.0 Å². The molecule has 0 unspecified atom stereocenters. The van der Waals surface area contributed by atoms with Gasteiger partial charge in [0, 0.05) is 17.5 Å². The average Bonchev–Trinajstić information content (AvgIpc) is 2.96. The molecule has 2 rings (SSSR count). The molecule has 0 aliphatic carbocycles. The van der Waals surface area contributed by atoms with Gasteiger partial charge in [-0.1, -0.05) is 13.3 Å². The Labute approximate surface area is 150 Å². The Bertz CT molecular complexity index is 811. The van der Waals surface area contributed by atoms with E-state index in [1.165, 1.54) is 0 Å². The predicted molar refractivity (Wildman–Crippen MR) is 94.2 cm³/mol. The molecule has 2 N–H and O–H groups in total. The first-order chi connectivity index (χ1) is 12.5. The number of ether oxygens (including phenoxy) is 2. The fourth-order valence-corrected chi connectivity index (χ4v) is 2.30. The number of esters is 1. The van der Waals surface area contributed by atoms with Crippen molar-refractivity contribution >= 4 is 28.9 Å². The second kappa shape index (κ2) is 8.89. The Morgan fingerprint density at radius 1 is 1.23 bits per heavy atom. The van der Waals surface area contributed by atoms with Crippen molar-refractivity contribution in [1.82, 2.24) is 10.6 Å². The van der Waals surface area contributed by atoms with Crippen LogP contribution in [0.1, 0.15) is 35.9 Å². The van der Waals surface area contributed by atoms with Gasteiger partial charge in [-0.15, -0.1) is 0 Å². The smallest absolute Gasteiger partial charge is 0.375 e. The summed E-state index contributed by atoms with van der Waals surface area (Å²) in [5.41, 5.74) is 1.09. The van der Waals surface area contributed by atoms with Crippen LogP contribution in [0.5, 0.6) is 5.75 Å². The van der Waals surface area contributed by atoms with Gasteiger partial charge in [0.25, 0.3) is 5.91 Å².